The SMILES string of the molecule is O=C1C(SCCCO)=C(SCCCCCCO)C(=O)c2ccccc21. The van der Waals surface area contributed by atoms with Gasteiger partial charge in [-0.2, -0.15) is 0 Å². The average Bonchev–Trinajstić information content (AvgIpc) is 2.64. The van der Waals surface area contributed by atoms with Gasteiger partial charge in [0.1, 0.15) is 0 Å². The highest BCUT2D eigenvalue weighted by atomic mass is 32.2. The van der Waals surface area contributed by atoms with Gasteiger partial charge in [0.25, 0.3) is 0 Å². The second-order valence-corrected chi connectivity index (χ2v) is 7.98. The normalized spacial score (nSPS) is 14.2. The predicted octanol–water partition coefficient (Wildman–Crippen LogP) is 3.68. The van der Waals surface area contributed by atoms with E-state index in [0.717, 1.165) is 31.4 Å². The lowest BCUT2D eigenvalue weighted by molar-refractivity contribution is 0.0988. The standard InChI is InChI=1S/C19H24O4S2/c20-10-5-1-2-6-12-24-18-16(22)14-8-3-4-9-15(14)17(23)19(18)25-13-7-11-21/h3-4,8-9,20-21H,1-2,5-7,10-13H2. The van der Waals surface area contributed by atoms with Crippen molar-refractivity contribution >= 4 is 35.1 Å². The van der Waals surface area contributed by atoms with Crippen molar-refractivity contribution in [1.29, 1.82) is 0 Å². The first-order chi connectivity index (χ1) is 12.2. The van der Waals surface area contributed by atoms with Crippen molar-refractivity contribution < 1.29 is 19.8 Å². The number of Topliss-reactive ketones (excluding diaryl/α,β-unsaturated/α-hetero) is 2. The fraction of sp³-hybridized carbons (Fsp3) is 0.474. The van der Waals surface area contributed by atoms with E-state index in [1.54, 1.807) is 24.3 Å². The maximum Gasteiger partial charge on any atom is 0.201 e. The van der Waals surface area contributed by atoms with Gasteiger partial charge in [0.15, 0.2) is 0 Å². The zero-order chi connectivity index (χ0) is 18.1. The van der Waals surface area contributed by atoms with E-state index in [9.17, 15) is 9.59 Å². The van der Waals surface area contributed by atoms with Crippen LogP contribution in [-0.2, 0) is 0 Å². The molecule has 0 spiro atoms. The summed E-state index contributed by atoms with van der Waals surface area (Å²) in [6, 6.07) is 6.98. The van der Waals surface area contributed by atoms with Crippen molar-refractivity contribution in [3.8, 4) is 0 Å². The minimum Gasteiger partial charge on any atom is -0.396 e. The van der Waals surface area contributed by atoms with Crippen LogP contribution < -0.4 is 0 Å². The molecule has 0 saturated carbocycles. The summed E-state index contributed by atoms with van der Waals surface area (Å²) in [7, 11) is 0. The molecule has 25 heavy (non-hydrogen) atoms. The molecule has 0 aliphatic heterocycles. The number of benzene rings is 1. The molecule has 6 heteroatoms. The molecule has 0 bridgehead atoms. The van der Waals surface area contributed by atoms with Crippen molar-refractivity contribution in [2.45, 2.75) is 32.1 Å². The van der Waals surface area contributed by atoms with E-state index in [1.165, 1.54) is 23.5 Å². The van der Waals surface area contributed by atoms with Crippen molar-refractivity contribution in [2.24, 2.45) is 0 Å². The van der Waals surface area contributed by atoms with Gasteiger partial charge in [-0.15, -0.1) is 23.5 Å². The minimum absolute atomic E-state index is 0.0675. The number of hydrogen-bond donors (Lipinski definition) is 2. The third-order valence-electron chi connectivity index (χ3n) is 3.88. The molecule has 0 amide bonds. The van der Waals surface area contributed by atoms with E-state index < -0.39 is 0 Å². The van der Waals surface area contributed by atoms with Crippen LogP contribution in [0.15, 0.2) is 34.1 Å². The molecule has 1 aromatic rings. The number of ketones is 2. The Morgan fingerprint density at radius 2 is 1.16 bits per heavy atom. The van der Waals surface area contributed by atoms with Crippen LogP contribution >= 0.6 is 23.5 Å². The summed E-state index contributed by atoms with van der Waals surface area (Å²) in [6.45, 7) is 0.292. The summed E-state index contributed by atoms with van der Waals surface area (Å²) in [4.78, 5) is 26.7. The Bertz CT molecular complexity index is 640. The lowest BCUT2D eigenvalue weighted by Crippen LogP contribution is -2.20. The molecule has 0 saturated heterocycles. The average molecular weight is 381 g/mol. The number of allylic oxidation sites excluding steroid dienone is 2. The van der Waals surface area contributed by atoms with Crippen LogP contribution in [0.1, 0.15) is 52.8 Å². The molecule has 2 rings (SSSR count). The number of hydrogen-bond acceptors (Lipinski definition) is 6. The number of aliphatic hydroxyl groups excluding tert-OH is 2. The molecule has 4 nitrogen and oxygen atoms in total. The number of aliphatic hydroxyl groups is 2. The second-order valence-electron chi connectivity index (χ2n) is 5.77. The molecule has 0 unspecified atom stereocenters. The van der Waals surface area contributed by atoms with E-state index in [1.807, 2.05) is 0 Å². The Morgan fingerprint density at radius 1 is 0.680 bits per heavy atom. The van der Waals surface area contributed by atoms with Crippen LogP contribution in [0.2, 0.25) is 0 Å². The predicted molar refractivity (Wildman–Crippen MR) is 104 cm³/mol. The Labute approximate surface area is 157 Å². The number of unbranched alkanes of at least 4 members (excludes halogenated alkanes) is 3. The molecule has 2 N–H and O–H groups in total. The van der Waals surface area contributed by atoms with Gasteiger partial charge in [0, 0.05) is 30.1 Å². The number of rotatable bonds is 11. The molecule has 1 aliphatic carbocycles. The second kappa shape index (κ2) is 10.8. The number of carbonyl (C=O) groups is 2. The topological polar surface area (TPSA) is 74.6 Å². The Balaban J connectivity index is 2.12. The zero-order valence-corrected chi connectivity index (χ0v) is 15.8. The van der Waals surface area contributed by atoms with Crippen LogP contribution in [-0.4, -0.2) is 46.5 Å². The molecule has 1 aromatic carbocycles. The third-order valence-corrected chi connectivity index (χ3v) is 6.35. The smallest absolute Gasteiger partial charge is 0.201 e. The fourth-order valence-electron chi connectivity index (χ4n) is 2.57. The van der Waals surface area contributed by atoms with Gasteiger partial charge in [0.05, 0.1) is 9.81 Å². The highest BCUT2D eigenvalue weighted by molar-refractivity contribution is 8.08. The summed E-state index contributed by atoms with van der Waals surface area (Å²) >= 11 is 2.83. The van der Waals surface area contributed by atoms with Gasteiger partial charge in [-0.25, -0.2) is 0 Å². The summed E-state index contributed by atoms with van der Waals surface area (Å²) in [5, 5.41) is 17.8. The minimum atomic E-state index is -0.0825. The summed E-state index contributed by atoms with van der Waals surface area (Å²) in [5.41, 5.74) is 0.966. The number of fused-ring (bicyclic) bond motifs is 1. The van der Waals surface area contributed by atoms with Crippen LogP contribution in [0.25, 0.3) is 0 Å². The molecule has 1 aliphatic rings. The largest absolute Gasteiger partial charge is 0.396 e. The molecule has 0 atom stereocenters. The lowest BCUT2D eigenvalue weighted by atomic mass is 9.94. The lowest BCUT2D eigenvalue weighted by Gasteiger charge is -2.20. The van der Waals surface area contributed by atoms with Gasteiger partial charge in [0.2, 0.25) is 11.6 Å². The summed E-state index contributed by atoms with van der Waals surface area (Å²) in [5.74, 6) is 1.25. The summed E-state index contributed by atoms with van der Waals surface area (Å²) in [6.07, 6.45) is 4.33. The maximum absolute atomic E-state index is 12.8. The molecule has 0 radical (unpaired) electrons. The fourth-order valence-corrected chi connectivity index (χ4v) is 4.89. The monoisotopic (exact) mass is 380 g/mol. The van der Waals surface area contributed by atoms with Crippen molar-refractivity contribution in [2.75, 3.05) is 24.7 Å². The summed E-state index contributed by atoms with van der Waals surface area (Å²) < 4.78 is 0. The van der Waals surface area contributed by atoms with Gasteiger partial charge in [-0.3, -0.25) is 9.59 Å². The van der Waals surface area contributed by atoms with Crippen molar-refractivity contribution in [3.63, 3.8) is 0 Å². The molecule has 136 valence electrons. The van der Waals surface area contributed by atoms with Gasteiger partial charge in [-0.05, 0) is 25.0 Å². The van der Waals surface area contributed by atoms with Crippen LogP contribution in [0.4, 0.5) is 0 Å². The van der Waals surface area contributed by atoms with E-state index in [2.05, 4.69) is 0 Å². The maximum atomic E-state index is 12.8. The Hall–Kier alpha value is -1.08. The molecular weight excluding hydrogens is 356 g/mol. The van der Waals surface area contributed by atoms with E-state index in [-0.39, 0.29) is 24.8 Å². The first kappa shape index (κ1) is 20.2. The quantitative estimate of drug-likeness (QED) is 0.571. The Morgan fingerprint density at radius 3 is 1.68 bits per heavy atom. The zero-order valence-electron chi connectivity index (χ0n) is 14.2. The highest BCUT2D eigenvalue weighted by Gasteiger charge is 2.32. The Kier molecular flexibility index (Phi) is 8.75. The van der Waals surface area contributed by atoms with Crippen molar-refractivity contribution in [3.05, 3.63) is 45.2 Å². The van der Waals surface area contributed by atoms with Crippen molar-refractivity contribution in [1.82, 2.24) is 0 Å². The van der Waals surface area contributed by atoms with Gasteiger partial charge >= 0.3 is 0 Å². The van der Waals surface area contributed by atoms with E-state index in [0.29, 0.717) is 33.1 Å². The van der Waals surface area contributed by atoms with E-state index >= 15 is 0 Å². The van der Waals surface area contributed by atoms with Crippen LogP contribution in [0.3, 0.4) is 0 Å². The number of carbonyl (C=O) groups excluding carboxylic acids is 2. The van der Waals surface area contributed by atoms with Crippen LogP contribution in [0.5, 0.6) is 0 Å². The molecule has 0 heterocycles. The van der Waals surface area contributed by atoms with E-state index in [4.69, 9.17) is 10.2 Å². The van der Waals surface area contributed by atoms with Crippen LogP contribution in [0, 0.1) is 0 Å². The first-order valence-electron chi connectivity index (χ1n) is 8.60. The highest BCUT2D eigenvalue weighted by Crippen LogP contribution is 2.38. The van der Waals surface area contributed by atoms with Gasteiger partial charge in [-0.1, -0.05) is 37.1 Å². The molecular formula is C19H24O4S2. The molecule has 0 aromatic heterocycles. The number of thioether (sulfide) groups is 2. The first-order valence-corrected chi connectivity index (χ1v) is 10.6. The van der Waals surface area contributed by atoms with Gasteiger partial charge < -0.3 is 10.2 Å². The molecule has 0 fully saturated rings. The third kappa shape index (κ3) is 5.45.